The molecule has 0 amide bonds. The van der Waals surface area contributed by atoms with Crippen molar-refractivity contribution < 1.29 is 9.53 Å². The van der Waals surface area contributed by atoms with E-state index in [9.17, 15) is 4.79 Å². The smallest absolute Gasteiger partial charge is 0.135 e. The lowest BCUT2D eigenvalue weighted by molar-refractivity contribution is -0.122. The molecule has 14 heavy (non-hydrogen) atoms. The second-order valence-corrected chi connectivity index (χ2v) is 4.83. The summed E-state index contributed by atoms with van der Waals surface area (Å²) in [5.74, 6) is 1.37. The standard InChI is InChI=1S/C12H24O2/c1-9(2)6-11(13)8-12(14-5)7-10(3)4/h9-10,12H,6-8H2,1-5H3. The first-order chi connectivity index (χ1) is 6.45. The Morgan fingerprint density at radius 1 is 1.07 bits per heavy atom. The van der Waals surface area contributed by atoms with Gasteiger partial charge in [0.1, 0.15) is 5.78 Å². The second kappa shape index (κ2) is 6.99. The highest BCUT2D eigenvalue weighted by molar-refractivity contribution is 5.79. The van der Waals surface area contributed by atoms with Crippen molar-refractivity contribution in [1.29, 1.82) is 0 Å². The van der Waals surface area contributed by atoms with E-state index in [1.54, 1.807) is 7.11 Å². The molecule has 1 atom stereocenters. The van der Waals surface area contributed by atoms with E-state index < -0.39 is 0 Å². The molecule has 0 spiro atoms. The monoisotopic (exact) mass is 200 g/mol. The minimum atomic E-state index is 0.112. The average Bonchev–Trinajstić information content (AvgIpc) is 2.00. The molecule has 0 aliphatic carbocycles. The van der Waals surface area contributed by atoms with Crippen LogP contribution in [0.25, 0.3) is 0 Å². The molecule has 2 nitrogen and oxygen atoms in total. The molecule has 0 aromatic heterocycles. The van der Waals surface area contributed by atoms with Crippen molar-refractivity contribution in [2.24, 2.45) is 11.8 Å². The predicted molar refractivity (Wildman–Crippen MR) is 59.3 cm³/mol. The summed E-state index contributed by atoms with van der Waals surface area (Å²) < 4.78 is 5.29. The number of hydrogen-bond donors (Lipinski definition) is 0. The van der Waals surface area contributed by atoms with Crippen LogP contribution in [0.1, 0.15) is 47.0 Å². The Morgan fingerprint density at radius 2 is 1.64 bits per heavy atom. The Kier molecular flexibility index (Phi) is 6.81. The molecule has 0 fully saturated rings. The molecule has 0 aromatic carbocycles. The fraction of sp³-hybridized carbons (Fsp3) is 0.917. The zero-order valence-electron chi connectivity index (χ0n) is 10.2. The summed E-state index contributed by atoms with van der Waals surface area (Å²) in [6.45, 7) is 8.45. The maximum absolute atomic E-state index is 11.5. The molecule has 2 heteroatoms. The van der Waals surface area contributed by atoms with Crippen molar-refractivity contribution in [3.8, 4) is 0 Å². The lowest BCUT2D eigenvalue weighted by Gasteiger charge is -2.17. The fourth-order valence-electron chi connectivity index (χ4n) is 1.58. The van der Waals surface area contributed by atoms with Gasteiger partial charge < -0.3 is 4.74 Å². The number of rotatable bonds is 7. The molecule has 0 saturated heterocycles. The summed E-state index contributed by atoms with van der Waals surface area (Å²) in [5, 5.41) is 0. The highest BCUT2D eigenvalue weighted by atomic mass is 16.5. The van der Waals surface area contributed by atoms with Crippen molar-refractivity contribution in [3.05, 3.63) is 0 Å². The van der Waals surface area contributed by atoms with E-state index in [1.807, 2.05) is 0 Å². The maximum Gasteiger partial charge on any atom is 0.135 e. The Bertz CT molecular complexity index is 162. The van der Waals surface area contributed by atoms with Crippen molar-refractivity contribution in [2.45, 2.75) is 53.1 Å². The van der Waals surface area contributed by atoms with Crippen LogP contribution in [-0.4, -0.2) is 19.0 Å². The van der Waals surface area contributed by atoms with Crippen LogP contribution in [-0.2, 0) is 9.53 Å². The number of ether oxygens (including phenoxy) is 1. The van der Waals surface area contributed by atoms with Gasteiger partial charge in [0, 0.05) is 20.0 Å². The molecule has 0 aliphatic rings. The number of Topliss-reactive ketones (excluding diaryl/α,β-unsaturated/α-hetero) is 1. The zero-order chi connectivity index (χ0) is 11.1. The van der Waals surface area contributed by atoms with Gasteiger partial charge in [-0.05, 0) is 18.3 Å². The number of carbonyl (C=O) groups is 1. The lowest BCUT2D eigenvalue weighted by Crippen LogP contribution is -2.19. The van der Waals surface area contributed by atoms with Gasteiger partial charge in [0.25, 0.3) is 0 Å². The van der Waals surface area contributed by atoms with E-state index in [0.717, 1.165) is 6.42 Å². The van der Waals surface area contributed by atoms with Gasteiger partial charge in [-0.1, -0.05) is 27.7 Å². The van der Waals surface area contributed by atoms with Crippen LogP contribution < -0.4 is 0 Å². The molecule has 84 valence electrons. The highest BCUT2D eigenvalue weighted by Crippen LogP contribution is 2.13. The summed E-state index contributed by atoms with van der Waals surface area (Å²) in [6.07, 6.45) is 2.34. The lowest BCUT2D eigenvalue weighted by atomic mass is 9.98. The van der Waals surface area contributed by atoms with Crippen LogP contribution >= 0.6 is 0 Å². The van der Waals surface area contributed by atoms with E-state index in [4.69, 9.17) is 4.74 Å². The normalized spacial score (nSPS) is 13.6. The fourth-order valence-corrected chi connectivity index (χ4v) is 1.58. The van der Waals surface area contributed by atoms with Crippen molar-refractivity contribution in [3.63, 3.8) is 0 Å². The van der Waals surface area contributed by atoms with Crippen LogP contribution in [0, 0.1) is 11.8 Å². The van der Waals surface area contributed by atoms with Gasteiger partial charge in [0.15, 0.2) is 0 Å². The SMILES string of the molecule is COC(CC(=O)CC(C)C)CC(C)C. The summed E-state index contributed by atoms with van der Waals surface area (Å²) in [4.78, 5) is 11.5. The first-order valence-corrected chi connectivity index (χ1v) is 5.50. The number of ketones is 1. The third kappa shape index (κ3) is 7.07. The van der Waals surface area contributed by atoms with E-state index in [1.165, 1.54) is 0 Å². The van der Waals surface area contributed by atoms with E-state index >= 15 is 0 Å². The van der Waals surface area contributed by atoms with Crippen LogP contribution in [0.2, 0.25) is 0 Å². The number of carbonyl (C=O) groups excluding carboxylic acids is 1. The van der Waals surface area contributed by atoms with E-state index in [2.05, 4.69) is 27.7 Å². The predicted octanol–water partition coefficient (Wildman–Crippen LogP) is 3.05. The number of hydrogen-bond acceptors (Lipinski definition) is 2. The van der Waals surface area contributed by atoms with Crippen LogP contribution in [0.4, 0.5) is 0 Å². The third-order valence-electron chi connectivity index (χ3n) is 2.16. The minimum absolute atomic E-state index is 0.112. The van der Waals surface area contributed by atoms with Gasteiger partial charge in [0.2, 0.25) is 0 Å². The molecule has 0 rings (SSSR count). The first kappa shape index (κ1) is 13.6. The zero-order valence-corrected chi connectivity index (χ0v) is 10.2. The third-order valence-corrected chi connectivity index (χ3v) is 2.16. The van der Waals surface area contributed by atoms with Crippen LogP contribution in [0.3, 0.4) is 0 Å². The summed E-state index contributed by atoms with van der Waals surface area (Å²) >= 11 is 0. The number of methoxy groups -OCH3 is 1. The van der Waals surface area contributed by atoms with Crippen LogP contribution in [0.15, 0.2) is 0 Å². The quantitative estimate of drug-likeness (QED) is 0.631. The van der Waals surface area contributed by atoms with Crippen molar-refractivity contribution in [1.82, 2.24) is 0 Å². The molecule has 0 radical (unpaired) electrons. The molecule has 0 heterocycles. The van der Waals surface area contributed by atoms with Crippen LogP contribution in [0.5, 0.6) is 0 Å². The van der Waals surface area contributed by atoms with Gasteiger partial charge in [-0.25, -0.2) is 0 Å². The summed E-state index contributed by atoms with van der Waals surface area (Å²) in [6, 6.07) is 0. The molecular weight excluding hydrogens is 176 g/mol. The molecule has 1 unspecified atom stereocenters. The van der Waals surface area contributed by atoms with Crippen molar-refractivity contribution >= 4 is 5.78 Å². The second-order valence-electron chi connectivity index (χ2n) is 4.83. The molecule has 0 bridgehead atoms. The molecule has 0 aliphatic heterocycles. The Labute approximate surface area is 88.0 Å². The topological polar surface area (TPSA) is 26.3 Å². The van der Waals surface area contributed by atoms with Gasteiger partial charge in [-0.2, -0.15) is 0 Å². The van der Waals surface area contributed by atoms with Gasteiger partial charge >= 0.3 is 0 Å². The minimum Gasteiger partial charge on any atom is -0.381 e. The van der Waals surface area contributed by atoms with Gasteiger partial charge in [0.05, 0.1) is 6.10 Å². The van der Waals surface area contributed by atoms with Gasteiger partial charge in [-0.15, -0.1) is 0 Å². The largest absolute Gasteiger partial charge is 0.381 e. The van der Waals surface area contributed by atoms with Gasteiger partial charge in [-0.3, -0.25) is 4.79 Å². The van der Waals surface area contributed by atoms with E-state index in [-0.39, 0.29) is 6.10 Å². The Morgan fingerprint density at radius 3 is 2.00 bits per heavy atom. The molecule has 0 saturated carbocycles. The summed E-state index contributed by atoms with van der Waals surface area (Å²) in [7, 11) is 1.69. The highest BCUT2D eigenvalue weighted by Gasteiger charge is 2.15. The average molecular weight is 200 g/mol. The molecule has 0 N–H and O–H groups in total. The molecule has 0 aromatic rings. The van der Waals surface area contributed by atoms with E-state index in [0.29, 0.717) is 30.5 Å². The van der Waals surface area contributed by atoms with Crippen molar-refractivity contribution in [2.75, 3.05) is 7.11 Å². The Balaban J connectivity index is 3.86. The molecular formula is C12H24O2. The Hall–Kier alpha value is -0.370. The maximum atomic E-state index is 11.5. The first-order valence-electron chi connectivity index (χ1n) is 5.50. The summed E-state index contributed by atoms with van der Waals surface area (Å²) in [5.41, 5.74) is 0.